The first-order valence-electron chi connectivity index (χ1n) is 8.32. The molecule has 0 amide bonds. The zero-order chi connectivity index (χ0) is 15.3. The highest BCUT2D eigenvalue weighted by Crippen LogP contribution is 2.14. The molecule has 0 saturated heterocycles. The molecule has 0 aliphatic carbocycles. The fourth-order valence-corrected chi connectivity index (χ4v) is 2.30. The summed E-state index contributed by atoms with van der Waals surface area (Å²) in [6.07, 6.45) is 6.40. The lowest BCUT2D eigenvalue weighted by molar-refractivity contribution is 0.273. The molecule has 0 aliphatic rings. The van der Waals surface area contributed by atoms with Gasteiger partial charge in [-0.1, -0.05) is 25.5 Å². The van der Waals surface area contributed by atoms with Gasteiger partial charge in [0.1, 0.15) is 5.75 Å². The van der Waals surface area contributed by atoms with Crippen LogP contribution in [0.25, 0.3) is 0 Å². The van der Waals surface area contributed by atoms with Crippen LogP contribution in [0.3, 0.4) is 0 Å². The lowest BCUT2D eigenvalue weighted by Gasteiger charge is -2.13. The molecule has 1 rings (SSSR count). The van der Waals surface area contributed by atoms with Gasteiger partial charge < -0.3 is 15.2 Å². The zero-order valence-corrected chi connectivity index (χ0v) is 13.6. The first kappa shape index (κ1) is 18.0. The highest BCUT2D eigenvalue weighted by atomic mass is 16.5. The van der Waals surface area contributed by atoms with Gasteiger partial charge in [-0.15, -0.1) is 0 Å². The second-order valence-corrected chi connectivity index (χ2v) is 5.69. The van der Waals surface area contributed by atoms with E-state index in [0.29, 0.717) is 12.6 Å². The fourth-order valence-electron chi connectivity index (χ4n) is 2.30. The summed E-state index contributed by atoms with van der Waals surface area (Å²) in [6, 6.07) is 8.96. The monoisotopic (exact) mass is 293 g/mol. The van der Waals surface area contributed by atoms with Gasteiger partial charge in [0, 0.05) is 12.6 Å². The normalized spacial score (nSPS) is 12.3. The van der Waals surface area contributed by atoms with Crippen LogP contribution in [0, 0.1) is 0 Å². The number of ether oxygens (including phenoxy) is 1. The third-order valence-corrected chi connectivity index (χ3v) is 3.53. The van der Waals surface area contributed by atoms with Gasteiger partial charge in [0.15, 0.2) is 0 Å². The smallest absolute Gasteiger partial charge is 0.119 e. The average Bonchev–Trinajstić information content (AvgIpc) is 2.50. The zero-order valence-electron chi connectivity index (χ0n) is 13.6. The van der Waals surface area contributed by atoms with E-state index < -0.39 is 0 Å². The Morgan fingerprint density at radius 1 is 1.10 bits per heavy atom. The Morgan fingerprint density at radius 3 is 2.48 bits per heavy atom. The third-order valence-electron chi connectivity index (χ3n) is 3.53. The number of aliphatic hydroxyl groups excluding tert-OH is 1. The van der Waals surface area contributed by atoms with E-state index in [1.807, 2.05) is 0 Å². The SMILES string of the molecule is CCCNC(C)Cc1ccc(OCCCCCCO)cc1. The summed E-state index contributed by atoms with van der Waals surface area (Å²) in [7, 11) is 0. The summed E-state index contributed by atoms with van der Waals surface area (Å²) in [5.74, 6) is 0.954. The van der Waals surface area contributed by atoms with Gasteiger partial charge in [0.25, 0.3) is 0 Å². The van der Waals surface area contributed by atoms with Crippen molar-refractivity contribution in [3.8, 4) is 5.75 Å². The molecule has 3 nitrogen and oxygen atoms in total. The van der Waals surface area contributed by atoms with Gasteiger partial charge in [0.05, 0.1) is 6.61 Å². The van der Waals surface area contributed by atoms with E-state index in [1.54, 1.807) is 0 Å². The van der Waals surface area contributed by atoms with Crippen LogP contribution in [0.2, 0.25) is 0 Å². The maximum Gasteiger partial charge on any atom is 0.119 e. The van der Waals surface area contributed by atoms with E-state index in [-0.39, 0.29) is 0 Å². The van der Waals surface area contributed by atoms with E-state index >= 15 is 0 Å². The molecule has 0 saturated carbocycles. The molecule has 0 heterocycles. The summed E-state index contributed by atoms with van der Waals surface area (Å²) < 4.78 is 5.73. The van der Waals surface area contributed by atoms with Crippen LogP contribution < -0.4 is 10.1 Å². The van der Waals surface area contributed by atoms with Crippen molar-refractivity contribution >= 4 is 0 Å². The molecule has 1 aromatic rings. The Bertz CT molecular complexity index is 351. The minimum Gasteiger partial charge on any atom is -0.494 e. The van der Waals surface area contributed by atoms with Crippen molar-refractivity contribution < 1.29 is 9.84 Å². The fraction of sp³-hybridized carbons (Fsp3) is 0.667. The molecule has 0 radical (unpaired) electrons. The van der Waals surface area contributed by atoms with Gasteiger partial charge in [-0.2, -0.15) is 0 Å². The molecule has 0 bridgehead atoms. The maximum absolute atomic E-state index is 8.70. The Balaban J connectivity index is 2.20. The second kappa shape index (κ2) is 11.6. The molecule has 120 valence electrons. The quantitative estimate of drug-likeness (QED) is 0.579. The topological polar surface area (TPSA) is 41.5 Å². The number of rotatable bonds is 12. The molecular weight excluding hydrogens is 262 g/mol. The predicted molar refractivity (Wildman–Crippen MR) is 89.0 cm³/mol. The summed E-state index contributed by atoms with van der Waals surface area (Å²) in [5.41, 5.74) is 1.35. The summed E-state index contributed by atoms with van der Waals surface area (Å²) in [5, 5.41) is 12.2. The van der Waals surface area contributed by atoms with Gasteiger partial charge in [-0.3, -0.25) is 0 Å². The van der Waals surface area contributed by atoms with E-state index in [4.69, 9.17) is 9.84 Å². The number of nitrogens with one attached hydrogen (secondary N) is 1. The molecule has 0 spiro atoms. The molecule has 1 atom stereocenters. The van der Waals surface area contributed by atoms with E-state index in [9.17, 15) is 0 Å². The number of hydrogen-bond acceptors (Lipinski definition) is 3. The van der Waals surface area contributed by atoms with Crippen LogP contribution in [0.5, 0.6) is 5.75 Å². The first-order valence-corrected chi connectivity index (χ1v) is 8.32. The van der Waals surface area contributed by atoms with Gasteiger partial charge in [-0.25, -0.2) is 0 Å². The van der Waals surface area contributed by atoms with Crippen LogP contribution >= 0.6 is 0 Å². The maximum atomic E-state index is 8.70. The Morgan fingerprint density at radius 2 is 1.81 bits per heavy atom. The van der Waals surface area contributed by atoms with E-state index in [1.165, 1.54) is 12.0 Å². The Kier molecular flexibility index (Phi) is 9.92. The van der Waals surface area contributed by atoms with Crippen molar-refractivity contribution in [1.82, 2.24) is 5.32 Å². The largest absolute Gasteiger partial charge is 0.494 e. The highest BCUT2D eigenvalue weighted by molar-refractivity contribution is 5.27. The molecule has 1 aromatic carbocycles. The van der Waals surface area contributed by atoms with Crippen LogP contribution in [0.15, 0.2) is 24.3 Å². The first-order chi connectivity index (χ1) is 10.3. The Labute approximate surface area is 129 Å². The average molecular weight is 293 g/mol. The second-order valence-electron chi connectivity index (χ2n) is 5.69. The number of hydrogen-bond donors (Lipinski definition) is 2. The molecule has 0 aromatic heterocycles. The number of aliphatic hydroxyl groups is 1. The van der Waals surface area contributed by atoms with Gasteiger partial charge in [0.2, 0.25) is 0 Å². The lowest BCUT2D eigenvalue weighted by Crippen LogP contribution is -2.28. The van der Waals surface area contributed by atoms with Crippen LogP contribution in [-0.2, 0) is 6.42 Å². The molecule has 0 aliphatic heterocycles. The van der Waals surface area contributed by atoms with Crippen molar-refractivity contribution in [2.75, 3.05) is 19.8 Å². The van der Waals surface area contributed by atoms with Crippen molar-refractivity contribution in [3.63, 3.8) is 0 Å². The van der Waals surface area contributed by atoms with Crippen LogP contribution in [0.4, 0.5) is 0 Å². The number of unbranched alkanes of at least 4 members (excludes halogenated alkanes) is 3. The molecular formula is C18H31NO2. The third kappa shape index (κ3) is 8.74. The molecule has 2 N–H and O–H groups in total. The molecule has 21 heavy (non-hydrogen) atoms. The highest BCUT2D eigenvalue weighted by Gasteiger charge is 2.02. The van der Waals surface area contributed by atoms with E-state index in [0.717, 1.165) is 51.0 Å². The minimum atomic E-state index is 0.299. The molecule has 3 heteroatoms. The van der Waals surface area contributed by atoms with Crippen molar-refractivity contribution in [1.29, 1.82) is 0 Å². The molecule has 1 unspecified atom stereocenters. The predicted octanol–water partition coefficient (Wildman–Crippen LogP) is 3.55. The summed E-state index contributed by atoms with van der Waals surface area (Å²) in [4.78, 5) is 0. The summed E-state index contributed by atoms with van der Waals surface area (Å²) in [6.45, 7) is 6.56. The van der Waals surface area contributed by atoms with Crippen LogP contribution in [0.1, 0.15) is 51.5 Å². The van der Waals surface area contributed by atoms with Crippen LogP contribution in [-0.4, -0.2) is 30.9 Å². The van der Waals surface area contributed by atoms with Gasteiger partial charge in [-0.05, 0) is 63.3 Å². The van der Waals surface area contributed by atoms with Crippen molar-refractivity contribution in [3.05, 3.63) is 29.8 Å². The molecule has 0 fully saturated rings. The minimum absolute atomic E-state index is 0.299. The lowest BCUT2D eigenvalue weighted by atomic mass is 10.1. The van der Waals surface area contributed by atoms with Gasteiger partial charge >= 0.3 is 0 Å². The van der Waals surface area contributed by atoms with Crippen molar-refractivity contribution in [2.24, 2.45) is 0 Å². The van der Waals surface area contributed by atoms with E-state index in [2.05, 4.69) is 43.4 Å². The Hall–Kier alpha value is -1.06. The standard InChI is InChI=1S/C18H31NO2/c1-3-12-19-16(2)15-17-8-10-18(11-9-17)21-14-7-5-4-6-13-20/h8-11,16,19-20H,3-7,12-15H2,1-2H3. The van der Waals surface area contributed by atoms with Crippen molar-refractivity contribution in [2.45, 2.75) is 58.4 Å². The summed E-state index contributed by atoms with van der Waals surface area (Å²) >= 11 is 0. The number of benzene rings is 1.